The Morgan fingerprint density at radius 2 is 1.87 bits per heavy atom. The third kappa shape index (κ3) is 4.87. The summed E-state index contributed by atoms with van der Waals surface area (Å²) in [4.78, 5) is 12.0. The van der Waals surface area contributed by atoms with E-state index >= 15 is 0 Å². The van der Waals surface area contributed by atoms with E-state index in [1.807, 2.05) is 32.3 Å². The molecule has 0 radical (unpaired) electrons. The minimum atomic E-state index is -0.162. The molecule has 0 bridgehead atoms. The molecule has 1 aliphatic heterocycles. The SMILES string of the molecule is CNC.O=C(NCc1ccc2c(c1)OCO2)c1cccc(Cl)c1. The molecule has 2 N–H and O–H groups in total. The summed E-state index contributed by atoms with van der Waals surface area (Å²) in [5.41, 5.74) is 1.49. The predicted molar refractivity (Wildman–Crippen MR) is 90.2 cm³/mol. The summed E-state index contributed by atoms with van der Waals surface area (Å²) in [6, 6.07) is 12.4. The molecule has 0 fully saturated rings. The number of ether oxygens (including phenoxy) is 2. The van der Waals surface area contributed by atoms with Crippen molar-refractivity contribution in [2.75, 3.05) is 20.9 Å². The van der Waals surface area contributed by atoms with Crippen LogP contribution in [0.5, 0.6) is 11.5 Å². The van der Waals surface area contributed by atoms with E-state index in [-0.39, 0.29) is 12.7 Å². The Morgan fingerprint density at radius 1 is 1.13 bits per heavy atom. The lowest BCUT2D eigenvalue weighted by Gasteiger charge is -2.06. The average Bonchev–Trinajstić information content (AvgIpc) is 3.01. The Labute approximate surface area is 140 Å². The van der Waals surface area contributed by atoms with Crippen LogP contribution in [0.4, 0.5) is 0 Å². The second-order valence-electron chi connectivity index (χ2n) is 4.88. The van der Waals surface area contributed by atoms with Gasteiger partial charge < -0.3 is 20.1 Å². The first-order valence-corrected chi connectivity index (χ1v) is 7.52. The van der Waals surface area contributed by atoms with Crippen LogP contribution in [0.2, 0.25) is 5.02 Å². The number of nitrogens with one attached hydrogen (secondary N) is 2. The highest BCUT2D eigenvalue weighted by Crippen LogP contribution is 2.32. The molecule has 23 heavy (non-hydrogen) atoms. The Bertz CT molecular complexity index is 677. The van der Waals surface area contributed by atoms with Crippen LogP contribution in [0.3, 0.4) is 0 Å². The molecule has 1 amide bonds. The smallest absolute Gasteiger partial charge is 0.251 e. The second kappa shape index (κ2) is 8.41. The highest BCUT2D eigenvalue weighted by atomic mass is 35.5. The summed E-state index contributed by atoms with van der Waals surface area (Å²) in [7, 11) is 3.75. The Hall–Kier alpha value is -2.24. The summed E-state index contributed by atoms with van der Waals surface area (Å²) >= 11 is 5.86. The van der Waals surface area contributed by atoms with Crippen LogP contribution < -0.4 is 20.1 Å². The molecule has 122 valence electrons. The van der Waals surface area contributed by atoms with Gasteiger partial charge >= 0.3 is 0 Å². The summed E-state index contributed by atoms with van der Waals surface area (Å²) in [6.07, 6.45) is 0. The number of fused-ring (bicyclic) bond motifs is 1. The summed E-state index contributed by atoms with van der Waals surface area (Å²) in [5.74, 6) is 1.28. The van der Waals surface area contributed by atoms with Gasteiger partial charge in [-0.1, -0.05) is 23.7 Å². The molecule has 1 heterocycles. The lowest BCUT2D eigenvalue weighted by Crippen LogP contribution is -2.22. The van der Waals surface area contributed by atoms with Crippen molar-refractivity contribution in [2.45, 2.75) is 6.54 Å². The molecule has 1 aliphatic rings. The number of carbonyl (C=O) groups excluding carboxylic acids is 1. The Kier molecular flexibility index (Phi) is 6.26. The van der Waals surface area contributed by atoms with Crippen LogP contribution >= 0.6 is 11.6 Å². The van der Waals surface area contributed by atoms with Crippen molar-refractivity contribution in [3.8, 4) is 11.5 Å². The van der Waals surface area contributed by atoms with Crippen LogP contribution in [0, 0.1) is 0 Å². The molecule has 0 spiro atoms. The predicted octanol–water partition coefficient (Wildman–Crippen LogP) is 2.83. The third-order valence-electron chi connectivity index (χ3n) is 2.98. The maximum Gasteiger partial charge on any atom is 0.251 e. The summed E-state index contributed by atoms with van der Waals surface area (Å²) in [5, 5.41) is 6.13. The van der Waals surface area contributed by atoms with Gasteiger partial charge in [0.05, 0.1) is 0 Å². The lowest BCUT2D eigenvalue weighted by atomic mass is 10.2. The fourth-order valence-electron chi connectivity index (χ4n) is 1.97. The number of halogens is 1. The molecule has 0 aliphatic carbocycles. The molecule has 6 heteroatoms. The van der Waals surface area contributed by atoms with Crippen molar-refractivity contribution in [3.63, 3.8) is 0 Å². The zero-order valence-electron chi connectivity index (χ0n) is 13.1. The van der Waals surface area contributed by atoms with Gasteiger partial charge in [0.25, 0.3) is 5.91 Å². The van der Waals surface area contributed by atoms with E-state index in [0.29, 0.717) is 22.9 Å². The molecule has 2 aromatic rings. The molecule has 3 rings (SSSR count). The molecule has 0 aromatic heterocycles. The van der Waals surface area contributed by atoms with Crippen molar-refractivity contribution in [3.05, 3.63) is 58.6 Å². The van der Waals surface area contributed by atoms with Crippen LogP contribution in [0.15, 0.2) is 42.5 Å². The first kappa shape index (κ1) is 17.1. The van der Waals surface area contributed by atoms with E-state index in [2.05, 4.69) is 10.6 Å². The van der Waals surface area contributed by atoms with E-state index in [1.54, 1.807) is 24.3 Å². The van der Waals surface area contributed by atoms with E-state index < -0.39 is 0 Å². The third-order valence-corrected chi connectivity index (χ3v) is 3.21. The fraction of sp³-hybridized carbons (Fsp3) is 0.235. The van der Waals surface area contributed by atoms with Gasteiger partial charge in [-0.25, -0.2) is 0 Å². The summed E-state index contributed by atoms with van der Waals surface area (Å²) < 4.78 is 10.5. The number of amides is 1. The maximum absolute atomic E-state index is 12.0. The van der Waals surface area contributed by atoms with Gasteiger partial charge in [0.2, 0.25) is 6.79 Å². The Morgan fingerprint density at radius 3 is 2.61 bits per heavy atom. The van der Waals surface area contributed by atoms with Crippen molar-refractivity contribution in [1.29, 1.82) is 0 Å². The first-order valence-electron chi connectivity index (χ1n) is 7.15. The van der Waals surface area contributed by atoms with Crippen molar-refractivity contribution < 1.29 is 14.3 Å². The number of rotatable bonds is 3. The average molecular weight is 335 g/mol. The van der Waals surface area contributed by atoms with Crippen LogP contribution in [0.1, 0.15) is 15.9 Å². The second-order valence-corrected chi connectivity index (χ2v) is 5.32. The number of carbonyl (C=O) groups is 1. The van der Waals surface area contributed by atoms with Gasteiger partial charge in [-0.15, -0.1) is 0 Å². The molecule has 0 saturated heterocycles. The van der Waals surface area contributed by atoms with Gasteiger partial charge in [0.15, 0.2) is 11.5 Å². The highest BCUT2D eigenvalue weighted by Gasteiger charge is 2.13. The first-order chi connectivity index (χ1) is 11.1. The van der Waals surface area contributed by atoms with E-state index in [1.165, 1.54) is 0 Å². The van der Waals surface area contributed by atoms with Crippen molar-refractivity contribution in [2.24, 2.45) is 0 Å². The number of hydrogen-bond acceptors (Lipinski definition) is 4. The maximum atomic E-state index is 12.0. The minimum absolute atomic E-state index is 0.162. The summed E-state index contributed by atoms with van der Waals surface area (Å²) in [6.45, 7) is 0.662. The van der Waals surface area contributed by atoms with E-state index in [4.69, 9.17) is 21.1 Å². The molecular weight excluding hydrogens is 316 g/mol. The topological polar surface area (TPSA) is 59.6 Å². The number of benzene rings is 2. The molecule has 5 nitrogen and oxygen atoms in total. The molecule has 0 unspecified atom stereocenters. The van der Waals surface area contributed by atoms with Gasteiger partial charge in [0.1, 0.15) is 0 Å². The zero-order valence-corrected chi connectivity index (χ0v) is 13.8. The van der Waals surface area contributed by atoms with Crippen LogP contribution in [-0.4, -0.2) is 26.8 Å². The van der Waals surface area contributed by atoms with Gasteiger partial charge in [-0.2, -0.15) is 0 Å². The molecule has 0 atom stereocenters. The largest absolute Gasteiger partial charge is 0.454 e. The van der Waals surface area contributed by atoms with Gasteiger partial charge in [0, 0.05) is 17.1 Å². The van der Waals surface area contributed by atoms with Crippen LogP contribution in [0.25, 0.3) is 0 Å². The standard InChI is InChI=1S/C15H12ClNO3.C2H7N/c16-12-3-1-2-11(7-12)15(18)17-8-10-4-5-13-14(6-10)20-9-19-13;1-3-2/h1-7H,8-9H2,(H,17,18);3H,1-2H3. The normalized spacial score (nSPS) is 11.4. The van der Waals surface area contributed by atoms with Gasteiger partial charge in [-0.3, -0.25) is 4.79 Å². The quantitative estimate of drug-likeness (QED) is 0.906. The number of hydrogen-bond donors (Lipinski definition) is 2. The molecular formula is C17H19ClN2O3. The van der Waals surface area contributed by atoms with E-state index in [0.717, 1.165) is 11.3 Å². The lowest BCUT2D eigenvalue weighted by molar-refractivity contribution is 0.0951. The van der Waals surface area contributed by atoms with Crippen molar-refractivity contribution >= 4 is 17.5 Å². The highest BCUT2D eigenvalue weighted by molar-refractivity contribution is 6.30. The monoisotopic (exact) mass is 334 g/mol. The molecule has 2 aromatic carbocycles. The minimum Gasteiger partial charge on any atom is -0.454 e. The van der Waals surface area contributed by atoms with Gasteiger partial charge in [-0.05, 0) is 50.0 Å². The zero-order chi connectivity index (χ0) is 16.7. The van der Waals surface area contributed by atoms with Crippen LogP contribution in [-0.2, 0) is 6.54 Å². The van der Waals surface area contributed by atoms with Crippen molar-refractivity contribution in [1.82, 2.24) is 10.6 Å². The van der Waals surface area contributed by atoms with E-state index in [9.17, 15) is 4.79 Å². The molecule has 0 saturated carbocycles. The fourth-order valence-corrected chi connectivity index (χ4v) is 2.16. The Balaban J connectivity index is 0.000000595.